The predicted molar refractivity (Wildman–Crippen MR) is 150 cm³/mol. The molecule has 4 fully saturated rings. The van der Waals surface area contributed by atoms with E-state index in [-0.39, 0.29) is 17.2 Å². The van der Waals surface area contributed by atoms with E-state index in [4.69, 9.17) is 5.10 Å². The van der Waals surface area contributed by atoms with E-state index in [0.717, 1.165) is 44.2 Å². The van der Waals surface area contributed by atoms with Crippen LogP contribution in [0.25, 0.3) is 0 Å². The van der Waals surface area contributed by atoms with Crippen LogP contribution in [-0.4, -0.2) is 33.2 Å². The minimum Gasteiger partial charge on any atom is -0.267 e. The Morgan fingerprint density at radius 1 is 0.795 bits per heavy atom. The van der Waals surface area contributed by atoms with Crippen molar-refractivity contribution in [2.24, 2.45) is 44.7 Å². The van der Waals surface area contributed by atoms with Gasteiger partial charge in [-0.3, -0.25) is 19.6 Å². The molecule has 204 valence electrons. The van der Waals surface area contributed by atoms with E-state index in [2.05, 4.69) is 39.8 Å². The Balaban J connectivity index is 1.12. The van der Waals surface area contributed by atoms with Crippen molar-refractivity contribution < 1.29 is 9.59 Å². The topological polar surface area (TPSA) is 109 Å². The van der Waals surface area contributed by atoms with Gasteiger partial charge in [-0.05, 0) is 111 Å². The third-order valence-electron chi connectivity index (χ3n) is 10.7. The Morgan fingerprint density at radius 2 is 1.44 bits per heavy atom. The Morgan fingerprint density at radius 3 is 2.10 bits per heavy atom. The van der Waals surface area contributed by atoms with E-state index < -0.39 is 0 Å². The highest BCUT2D eigenvalue weighted by atomic mass is 16.2. The lowest BCUT2D eigenvalue weighted by molar-refractivity contribution is -0.0815. The van der Waals surface area contributed by atoms with Crippen molar-refractivity contribution in [2.45, 2.75) is 71.6 Å². The largest absolute Gasteiger partial charge is 0.271 e. The van der Waals surface area contributed by atoms with Crippen molar-refractivity contribution >= 4 is 23.2 Å². The number of rotatable bonds is 4. The fraction of sp³-hybridized carbons (Fsp3) is 0.548. The summed E-state index contributed by atoms with van der Waals surface area (Å²) in [5, 5.41) is 9.26. The fourth-order valence-electron chi connectivity index (χ4n) is 8.52. The van der Waals surface area contributed by atoms with Crippen molar-refractivity contribution in [1.29, 1.82) is 0 Å². The average Bonchev–Trinajstić information content (AvgIpc) is 3.31. The molecule has 0 saturated heterocycles. The lowest BCUT2D eigenvalue weighted by atomic mass is 9.45. The van der Waals surface area contributed by atoms with Gasteiger partial charge in [0.2, 0.25) is 0 Å². The number of amides is 2. The first-order chi connectivity index (χ1) is 18.9. The number of hydrazone groups is 2. The number of hydrogen-bond acceptors (Lipinski definition) is 6. The quantitative estimate of drug-likeness (QED) is 0.521. The third kappa shape index (κ3) is 4.68. The Labute approximate surface area is 230 Å². The van der Waals surface area contributed by atoms with Crippen LogP contribution in [0.5, 0.6) is 0 Å². The zero-order valence-corrected chi connectivity index (χ0v) is 22.9. The van der Waals surface area contributed by atoms with Crippen LogP contribution >= 0.6 is 0 Å². The summed E-state index contributed by atoms with van der Waals surface area (Å²) < 4.78 is 0. The lowest BCUT2D eigenvalue weighted by Gasteiger charge is -2.59. The summed E-state index contributed by atoms with van der Waals surface area (Å²) in [4.78, 5) is 33.0. The number of aromatic nitrogens is 2. The monoisotopic (exact) mass is 526 g/mol. The minimum atomic E-state index is -0.177. The zero-order valence-electron chi connectivity index (χ0n) is 22.9. The number of carbonyl (C=O) groups is 2. The minimum absolute atomic E-state index is 0.0639. The van der Waals surface area contributed by atoms with Gasteiger partial charge in [0.15, 0.2) is 0 Å². The fourth-order valence-corrected chi connectivity index (χ4v) is 8.52. The number of hydrogen-bond donors (Lipinski definition) is 2. The van der Waals surface area contributed by atoms with Crippen LogP contribution in [-0.2, 0) is 0 Å². The molecule has 4 aliphatic carbocycles. The number of nitrogens with zero attached hydrogens (tertiary/aromatic N) is 4. The summed E-state index contributed by atoms with van der Waals surface area (Å²) in [5.74, 6) is 2.31. The van der Waals surface area contributed by atoms with E-state index in [1.165, 1.54) is 25.0 Å². The van der Waals surface area contributed by atoms with E-state index >= 15 is 0 Å². The molecule has 8 nitrogen and oxygen atoms in total. The molecule has 2 aromatic heterocycles. The van der Waals surface area contributed by atoms with Gasteiger partial charge in [-0.15, -0.1) is 0 Å². The molecular weight excluding hydrogens is 488 g/mol. The highest BCUT2D eigenvalue weighted by molar-refractivity contribution is 5.97. The molecule has 6 atom stereocenters. The molecular formula is C31H38N6O2. The van der Waals surface area contributed by atoms with Gasteiger partial charge in [0.25, 0.3) is 11.8 Å². The van der Waals surface area contributed by atoms with Gasteiger partial charge in [0.05, 0.1) is 0 Å². The van der Waals surface area contributed by atoms with E-state index in [1.807, 2.05) is 0 Å². The molecule has 2 amide bonds. The molecule has 0 aliphatic heterocycles. The maximum atomic E-state index is 12.6. The number of nitrogens with one attached hydrogen (secondary N) is 2. The summed E-state index contributed by atoms with van der Waals surface area (Å²) in [5.41, 5.74) is 9.45. The standard InChI is InChI=1S/C31H38N6O2/c1-30-13-7-23(34-36-28(38)20-9-15-32-16-10-20)19-22(30)3-4-24-25-5-6-27(31(25,2)14-8-26(24)30)35-37-29(39)21-11-17-33-18-12-21/h9-12,15-18,22,24-26H,3-8,13-14,19H2,1-2H3,(H,36,38)(H,37,39)/t22-,24-,25-,26+,30-,31-/m0/s1. The molecule has 0 bridgehead atoms. The molecule has 4 aliphatic rings. The van der Waals surface area contributed by atoms with Gasteiger partial charge in [-0.25, -0.2) is 10.9 Å². The predicted octanol–water partition coefficient (Wildman–Crippen LogP) is 5.39. The number of carbonyl (C=O) groups excluding carboxylic acids is 2. The maximum Gasteiger partial charge on any atom is 0.271 e. The highest BCUT2D eigenvalue weighted by Crippen LogP contribution is 2.65. The molecule has 8 heteroatoms. The number of pyridine rings is 2. The second-order valence-corrected chi connectivity index (χ2v) is 12.4. The highest BCUT2D eigenvalue weighted by Gasteiger charge is 2.59. The molecule has 0 unspecified atom stereocenters. The van der Waals surface area contributed by atoms with Gasteiger partial charge in [-0.2, -0.15) is 10.2 Å². The first-order valence-electron chi connectivity index (χ1n) is 14.4. The van der Waals surface area contributed by atoms with Crippen LogP contribution < -0.4 is 10.9 Å². The van der Waals surface area contributed by atoms with E-state index in [0.29, 0.717) is 40.2 Å². The van der Waals surface area contributed by atoms with Gasteiger partial charge in [-0.1, -0.05) is 13.8 Å². The second kappa shape index (κ2) is 10.3. The molecule has 0 aromatic carbocycles. The first-order valence-corrected chi connectivity index (χ1v) is 14.4. The first kappa shape index (κ1) is 25.8. The summed E-state index contributed by atoms with van der Waals surface area (Å²) in [6, 6.07) is 6.85. The van der Waals surface area contributed by atoms with Gasteiger partial charge in [0, 0.05) is 52.8 Å². The van der Waals surface area contributed by atoms with E-state index in [9.17, 15) is 9.59 Å². The van der Waals surface area contributed by atoms with Crippen LogP contribution in [0.3, 0.4) is 0 Å². The molecule has 2 heterocycles. The van der Waals surface area contributed by atoms with Crippen LogP contribution in [0.1, 0.15) is 92.4 Å². The Bertz CT molecular complexity index is 1290. The van der Waals surface area contributed by atoms with Crippen LogP contribution in [0.2, 0.25) is 0 Å². The summed E-state index contributed by atoms with van der Waals surface area (Å²) in [6.45, 7) is 4.92. The van der Waals surface area contributed by atoms with E-state index in [1.54, 1.807) is 49.1 Å². The normalized spacial score (nSPS) is 35.5. The van der Waals surface area contributed by atoms with Gasteiger partial charge < -0.3 is 0 Å². The molecule has 0 radical (unpaired) electrons. The van der Waals surface area contributed by atoms with Crippen molar-refractivity contribution in [3.8, 4) is 0 Å². The Hall–Kier alpha value is -3.42. The van der Waals surface area contributed by atoms with Crippen molar-refractivity contribution in [2.75, 3.05) is 0 Å². The molecule has 6 rings (SSSR count). The smallest absolute Gasteiger partial charge is 0.267 e. The molecule has 0 spiro atoms. The SMILES string of the molecule is C[C@]12CCC(=NNC(=O)c3ccncc3)C[C@@H]1CC[C@@H]1[C@H]2CC[C@]2(C)C(=NNC(=O)c3ccncc3)CC[C@@H]12. The lowest BCUT2D eigenvalue weighted by Crippen LogP contribution is -2.53. The van der Waals surface area contributed by atoms with Gasteiger partial charge in [0.1, 0.15) is 0 Å². The summed E-state index contributed by atoms with van der Waals surface area (Å²) in [6.07, 6.45) is 16.5. The third-order valence-corrected chi connectivity index (χ3v) is 10.7. The van der Waals surface area contributed by atoms with Crippen molar-refractivity contribution in [3.63, 3.8) is 0 Å². The Kier molecular flexibility index (Phi) is 6.81. The molecule has 4 saturated carbocycles. The summed E-state index contributed by atoms with van der Waals surface area (Å²) >= 11 is 0. The van der Waals surface area contributed by atoms with Crippen LogP contribution in [0.4, 0.5) is 0 Å². The summed E-state index contributed by atoms with van der Waals surface area (Å²) in [7, 11) is 0. The van der Waals surface area contributed by atoms with Crippen LogP contribution in [0.15, 0.2) is 59.3 Å². The number of fused-ring (bicyclic) bond motifs is 5. The van der Waals surface area contributed by atoms with Crippen LogP contribution in [0, 0.1) is 34.5 Å². The molecule has 2 aromatic rings. The maximum absolute atomic E-state index is 12.6. The zero-order chi connectivity index (χ0) is 27.0. The van der Waals surface area contributed by atoms with Gasteiger partial charge >= 0.3 is 0 Å². The molecule has 39 heavy (non-hydrogen) atoms. The van der Waals surface area contributed by atoms with Crippen molar-refractivity contribution in [1.82, 2.24) is 20.8 Å². The van der Waals surface area contributed by atoms with Crippen molar-refractivity contribution in [3.05, 3.63) is 60.2 Å². The molecule has 2 N–H and O–H groups in total. The second-order valence-electron chi connectivity index (χ2n) is 12.4. The average molecular weight is 527 g/mol.